The minimum Gasteiger partial charge on any atom is -0.354 e. The van der Waals surface area contributed by atoms with Gasteiger partial charge in [0, 0.05) is 17.8 Å². The molecular formula is C21H25F2N3O2S. The number of hydrogen-bond donors (Lipinski definition) is 2. The number of carbonyl (C=O) groups is 2. The van der Waals surface area contributed by atoms with E-state index in [4.69, 9.17) is 0 Å². The summed E-state index contributed by atoms with van der Waals surface area (Å²) in [7, 11) is 0. The van der Waals surface area contributed by atoms with Crippen LogP contribution in [0.5, 0.6) is 0 Å². The van der Waals surface area contributed by atoms with Crippen LogP contribution in [0.3, 0.4) is 0 Å². The quantitative estimate of drug-likeness (QED) is 0.720. The largest absolute Gasteiger partial charge is 0.354 e. The van der Waals surface area contributed by atoms with Gasteiger partial charge in [-0.2, -0.15) is 0 Å². The third-order valence-electron chi connectivity index (χ3n) is 4.95. The van der Waals surface area contributed by atoms with E-state index in [9.17, 15) is 18.4 Å². The second-order valence-corrected chi connectivity index (χ2v) is 8.69. The fourth-order valence-electron chi connectivity index (χ4n) is 3.38. The number of halogens is 2. The maximum absolute atomic E-state index is 13.8. The van der Waals surface area contributed by atoms with Gasteiger partial charge in [0.15, 0.2) is 0 Å². The van der Waals surface area contributed by atoms with E-state index in [1.54, 1.807) is 25.2 Å². The molecule has 0 saturated heterocycles. The topological polar surface area (TPSA) is 71.1 Å². The van der Waals surface area contributed by atoms with Crippen molar-refractivity contribution in [1.29, 1.82) is 0 Å². The van der Waals surface area contributed by atoms with Gasteiger partial charge in [-0.15, -0.1) is 11.3 Å². The monoisotopic (exact) mass is 421 g/mol. The van der Waals surface area contributed by atoms with Crippen LogP contribution < -0.4 is 10.6 Å². The third-order valence-corrected chi connectivity index (χ3v) is 6.17. The Morgan fingerprint density at radius 2 is 1.86 bits per heavy atom. The van der Waals surface area contributed by atoms with E-state index in [1.165, 1.54) is 29.5 Å². The highest BCUT2D eigenvalue weighted by Gasteiger charge is 2.27. The molecule has 1 heterocycles. The summed E-state index contributed by atoms with van der Waals surface area (Å²) >= 11 is 1.70. The summed E-state index contributed by atoms with van der Waals surface area (Å²) in [6, 6.07) is 2.31. The molecule has 5 nitrogen and oxygen atoms in total. The van der Waals surface area contributed by atoms with Gasteiger partial charge in [0.1, 0.15) is 23.2 Å². The molecule has 1 aromatic heterocycles. The number of amides is 2. The summed E-state index contributed by atoms with van der Waals surface area (Å²) in [4.78, 5) is 30.9. The van der Waals surface area contributed by atoms with Crippen molar-refractivity contribution >= 4 is 23.2 Å². The molecule has 3 rings (SSSR count). The zero-order chi connectivity index (χ0) is 21.0. The van der Waals surface area contributed by atoms with Crippen LogP contribution in [0.25, 0.3) is 0 Å². The highest BCUT2D eigenvalue weighted by Crippen LogP contribution is 2.26. The van der Waals surface area contributed by atoms with Crippen LogP contribution in [0.2, 0.25) is 0 Å². The molecule has 1 aliphatic carbocycles. The van der Waals surface area contributed by atoms with Crippen molar-refractivity contribution in [2.45, 2.75) is 52.0 Å². The van der Waals surface area contributed by atoms with Crippen LogP contribution in [0.4, 0.5) is 8.78 Å². The SMILES string of the molecule is CC(C)[C@H](NC(=O)c1c(F)cccc1F)C(=O)NCCc1nc2c(s1)CCCC2. The fraction of sp³-hybridized carbons (Fsp3) is 0.476. The molecule has 156 valence electrons. The van der Waals surface area contributed by atoms with Gasteiger partial charge in [-0.1, -0.05) is 19.9 Å². The Balaban J connectivity index is 1.58. The Morgan fingerprint density at radius 3 is 2.52 bits per heavy atom. The first-order valence-electron chi connectivity index (χ1n) is 9.87. The van der Waals surface area contributed by atoms with Crippen LogP contribution in [-0.2, 0) is 24.1 Å². The molecule has 29 heavy (non-hydrogen) atoms. The zero-order valence-electron chi connectivity index (χ0n) is 16.6. The maximum atomic E-state index is 13.8. The Bertz CT molecular complexity index is 854. The van der Waals surface area contributed by atoms with Gasteiger partial charge >= 0.3 is 0 Å². The van der Waals surface area contributed by atoms with E-state index in [-0.39, 0.29) is 11.8 Å². The van der Waals surface area contributed by atoms with Crippen molar-refractivity contribution < 1.29 is 18.4 Å². The molecule has 1 atom stereocenters. The normalized spacial score (nSPS) is 14.4. The van der Waals surface area contributed by atoms with Crippen LogP contribution in [0, 0.1) is 17.6 Å². The molecule has 0 unspecified atom stereocenters. The van der Waals surface area contributed by atoms with Crippen molar-refractivity contribution in [1.82, 2.24) is 15.6 Å². The number of nitrogens with zero attached hydrogens (tertiary/aromatic N) is 1. The van der Waals surface area contributed by atoms with Gasteiger partial charge in [-0.05, 0) is 43.7 Å². The first-order valence-corrected chi connectivity index (χ1v) is 10.7. The summed E-state index contributed by atoms with van der Waals surface area (Å²) in [6.07, 6.45) is 5.08. The van der Waals surface area contributed by atoms with Gasteiger partial charge in [0.2, 0.25) is 5.91 Å². The van der Waals surface area contributed by atoms with E-state index in [2.05, 4.69) is 15.6 Å². The van der Waals surface area contributed by atoms with Crippen LogP contribution >= 0.6 is 11.3 Å². The van der Waals surface area contributed by atoms with E-state index in [1.807, 2.05) is 0 Å². The zero-order valence-corrected chi connectivity index (χ0v) is 17.4. The number of nitrogens with one attached hydrogen (secondary N) is 2. The Morgan fingerprint density at radius 1 is 1.17 bits per heavy atom. The third kappa shape index (κ3) is 5.18. The average molecular weight is 422 g/mol. The van der Waals surface area contributed by atoms with Gasteiger partial charge in [0.25, 0.3) is 5.91 Å². The summed E-state index contributed by atoms with van der Waals surface area (Å²) < 4.78 is 27.7. The van der Waals surface area contributed by atoms with Crippen molar-refractivity contribution in [2.75, 3.05) is 6.54 Å². The summed E-state index contributed by atoms with van der Waals surface area (Å²) in [5.41, 5.74) is 0.501. The van der Waals surface area contributed by atoms with E-state index in [0.717, 1.165) is 30.0 Å². The van der Waals surface area contributed by atoms with Crippen molar-refractivity contribution in [3.63, 3.8) is 0 Å². The van der Waals surface area contributed by atoms with E-state index in [0.29, 0.717) is 13.0 Å². The number of aryl methyl sites for hydroxylation is 2. The van der Waals surface area contributed by atoms with Gasteiger partial charge in [-0.25, -0.2) is 13.8 Å². The molecule has 2 amide bonds. The number of thiazole rings is 1. The average Bonchev–Trinajstić information content (AvgIpc) is 3.08. The summed E-state index contributed by atoms with van der Waals surface area (Å²) in [6.45, 7) is 3.91. The molecule has 8 heteroatoms. The highest BCUT2D eigenvalue weighted by molar-refractivity contribution is 7.11. The Hall–Kier alpha value is -2.35. The van der Waals surface area contributed by atoms with E-state index >= 15 is 0 Å². The number of aromatic nitrogens is 1. The number of benzene rings is 1. The molecular weight excluding hydrogens is 396 g/mol. The maximum Gasteiger partial charge on any atom is 0.257 e. The highest BCUT2D eigenvalue weighted by atomic mass is 32.1. The first kappa shape index (κ1) is 21.4. The summed E-state index contributed by atoms with van der Waals surface area (Å²) in [5, 5.41) is 6.26. The molecule has 0 spiro atoms. The molecule has 0 radical (unpaired) electrons. The molecule has 2 aromatic rings. The molecule has 2 N–H and O–H groups in total. The minimum atomic E-state index is -0.960. The predicted octanol–water partition coefficient (Wildman–Crippen LogP) is 3.41. The number of hydrogen-bond acceptors (Lipinski definition) is 4. The van der Waals surface area contributed by atoms with E-state index < -0.39 is 29.1 Å². The van der Waals surface area contributed by atoms with Gasteiger partial charge in [-0.3, -0.25) is 9.59 Å². The van der Waals surface area contributed by atoms with Crippen molar-refractivity contribution in [2.24, 2.45) is 5.92 Å². The standard InChI is InChI=1S/C21H25F2N3O2S/c1-12(2)19(26-20(27)18-13(22)6-5-7-14(18)23)21(28)24-11-10-17-25-15-8-3-4-9-16(15)29-17/h5-7,12,19H,3-4,8-11H2,1-2H3,(H,24,28)(H,26,27)/t19-/m0/s1. The number of rotatable bonds is 7. The predicted molar refractivity (Wildman–Crippen MR) is 108 cm³/mol. The molecule has 1 aromatic carbocycles. The second-order valence-electron chi connectivity index (χ2n) is 7.52. The molecule has 0 aliphatic heterocycles. The lowest BCUT2D eigenvalue weighted by atomic mass is 10.0. The number of carbonyl (C=O) groups excluding carboxylic acids is 2. The summed E-state index contributed by atoms with van der Waals surface area (Å²) in [5.74, 6) is -3.49. The lowest BCUT2D eigenvalue weighted by Crippen LogP contribution is -2.50. The fourth-order valence-corrected chi connectivity index (χ4v) is 4.53. The minimum absolute atomic E-state index is 0.249. The molecule has 0 bridgehead atoms. The van der Waals surface area contributed by atoms with Crippen LogP contribution in [-0.4, -0.2) is 29.4 Å². The Kier molecular flexibility index (Phi) is 6.95. The van der Waals surface area contributed by atoms with Crippen LogP contribution in [0.1, 0.15) is 52.6 Å². The van der Waals surface area contributed by atoms with Gasteiger partial charge in [0.05, 0.1) is 10.7 Å². The first-order chi connectivity index (χ1) is 13.9. The lowest BCUT2D eigenvalue weighted by Gasteiger charge is -2.22. The molecule has 1 aliphatic rings. The van der Waals surface area contributed by atoms with Crippen molar-refractivity contribution in [3.05, 3.63) is 51.0 Å². The smallest absolute Gasteiger partial charge is 0.257 e. The second kappa shape index (κ2) is 9.43. The number of fused-ring (bicyclic) bond motifs is 1. The van der Waals surface area contributed by atoms with Crippen molar-refractivity contribution in [3.8, 4) is 0 Å². The molecule has 0 fully saturated rings. The molecule has 0 saturated carbocycles. The van der Waals surface area contributed by atoms with Gasteiger partial charge < -0.3 is 10.6 Å². The van der Waals surface area contributed by atoms with Crippen LogP contribution in [0.15, 0.2) is 18.2 Å². The Labute approximate surface area is 172 Å². The lowest BCUT2D eigenvalue weighted by molar-refractivity contribution is -0.123.